The minimum Gasteiger partial charge on any atom is -0.314 e. The van der Waals surface area contributed by atoms with E-state index in [2.05, 4.69) is 24.1 Å². The Kier molecular flexibility index (Phi) is 5.99. The molecule has 0 atom stereocenters. The first-order chi connectivity index (χ1) is 9.65. The SMILES string of the molecule is CC(C)CN1CCC(NCCc2ccccc2F)CC1. The fraction of sp³-hybridized carbons (Fsp3) is 0.647. The molecule has 0 aromatic heterocycles. The Balaban J connectivity index is 1.65. The molecule has 0 amide bonds. The van der Waals surface area contributed by atoms with Gasteiger partial charge in [0.15, 0.2) is 0 Å². The van der Waals surface area contributed by atoms with Crippen molar-refractivity contribution in [2.24, 2.45) is 5.92 Å². The molecule has 20 heavy (non-hydrogen) atoms. The van der Waals surface area contributed by atoms with E-state index in [4.69, 9.17) is 0 Å². The largest absolute Gasteiger partial charge is 0.314 e. The van der Waals surface area contributed by atoms with Crippen molar-refractivity contribution in [1.82, 2.24) is 10.2 Å². The average Bonchev–Trinajstić information content (AvgIpc) is 2.42. The quantitative estimate of drug-likeness (QED) is 0.860. The van der Waals surface area contributed by atoms with Gasteiger partial charge in [-0.15, -0.1) is 0 Å². The summed E-state index contributed by atoms with van der Waals surface area (Å²) in [5, 5.41) is 3.58. The summed E-state index contributed by atoms with van der Waals surface area (Å²) < 4.78 is 13.5. The first-order valence-corrected chi connectivity index (χ1v) is 7.84. The Morgan fingerprint density at radius 1 is 1.25 bits per heavy atom. The predicted molar refractivity (Wildman–Crippen MR) is 82.4 cm³/mol. The number of halogens is 1. The molecular weight excluding hydrogens is 251 g/mol. The second kappa shape index (κ2) is 7.75. The average molecular weight is 278 g/mol. The van der Waals surface area contributed by atoms with Crippen molar-refractivity contribution >= 4 is 0 Å². The normalized spacial score (nSPS) is 17.8. The van der Waals surface area contributed by atoms with Gasteiger partial charge in [0.05, 0.1) is 0 Å². The molecule has 112 valence electrons. The maximum Gasteiger partial charge on any atom is 0.126 e. The van der Waals surface area contributed by atoms with Gasteiger partial charge in [-0.1, -0.05) is 32.0 Å². The third-order valence-electron chi connectivity index (χ3n) is 4.00. The van der Waals surface area contributed by atoms with Crippen LogP contribution in [-0.4, -0.2) is 37.1 Å². The molecule has 1 aromatic rings. The van der Waals surface area contributed by atoms with Crippen molar-refractivity contribution in [2.45, 2.75) is 39.2 Å². The zero-order valence-corrected chi connectivity index (χ0v) is 12.7. The summed E-state index contributed by atoms with van der Waals surface area (Å²) in [6.07, 6.45) is 3.20. The first kappa shape index (κ1) is 15.5. The van der Waals surface area contributed by atoms with E-state index in [1.54, 1.807) is 12.1 Å². The van der Waals surface area contributed by atoms with Crippen LogP contribution in [0.2, 0.25) is 0 Å². The van der Waals surface area contributed by atoms with Gasteiger partial charge in [-0.2, -0.15) is 0 Å². The van der Waals surface area contributed by atoms with Crippen LogP contribution in [-0.2, 0) is 6.42 Å². The van der Waals surface area contributed by atoms with E-state index in [0.717, 1.165) is 24.4 Å². The topological polar surface area (TPSA) is 15.3 Å². The van der Waals surface area contributed by atoms with Crippen molar-refractivity contribution in [1.29, 1.82) is 0 Å². The molecule has 1 heterocycles. The number of nitrogens with zero attached hydrogens (tertiary/aromatic N) is 1. The van der Waals surface area contributed by atoms with Gasteiger partial charge in [-0.25, -0.2) is 4.39 Å². The molecule has 1 aromatic carbocycles. The number of rotatable bonds is 6. The summed E-state index contributed by atoms with van der Waals surface area (Å²) in [6, 6.07) is 7.67. The van der Waals surface area contributed by atoms with Gasteiger partial charge in [0.2, 0.25) is 0 Å². The number of likely N-dealkylation sites (tertiary alicyclic amines) is 1. The van der Waals surface area contributed by atoms with Gasteiger partial charge in [0.1, 0.15) is 5.82 Å². The summed E-state index contributed by atoms with van der Waals surface area (Å²) in [4.78, 5) is 2.56. The molecular formula is C17H27FN2. The van der Waals surface area contributed by atoms with Gasteiger partial charge < -0.3 is 10.2 Å². The van der Waals surface area contributed by atoms with Gasteiger partial charge >= 0.3 is 0 Å². The lowest BCUT2D eigenvalue weighted by Gasteiger charge is -2.33. The lowest BCUT2D eigenvalue weighted by molar-refractivity contribution is 0.180. The van der Waals surface area contributed by atoms with Crippen LogP contribution in [0.1, 0.15) is 32.3 Å². The molecule has 1 N–H and O–H groups in total. The molecule has 1 aliphatic heterocycles. The molecule has 2 nitrogen and oxygen atoms in total. The van der Waals surface area contributed by atoms with E-state index >= 15 is 0 Å². The maximum atomic E-state index is 13.5. The second-order valence-electron chi connectivity index (χ2n) is 6.26. The van der Waals surface area contributed by atoms with Gasteiger partial charge in [0.25, 0.3) is 0 Å². The van der Waals surface area contributed by atoms with Crippen LogP contribution in [0.4, 0.5) is 4.39 Å². The molecule has 0 saturated carbocycles. The van der Waals surface area contributed by atoms with Crippen molar-refractivity contribution in [3.8, 4) is 0 Å². The highest BCUT2D eigenvalue weighted by Crippen LogP contribution is 2.12. The number of nitrogens with one attached hydrogen (secondary N) is 1. The standard InChI is InChI=1S/C17H27FN2/c1-14(2)13-20-11-8-16(9-12-20)19-10-7-15-5-3-4-6-17(15)18/h3-6,14,16,19H,7-13H2,1-2H3. The van der Waals surface area contributed by atoms with Crippen molar-refractivity contribution < 1.29 is 4.39 Å². The fourth-order valence-corrected chi connectivity index (χ4v) is 2.95. The van der Waals surface area contributed by atoms with Crippen molar-refractivity contribution in [3.63, 3.8) is 0 Å². The third-order valence-corrected chi connectivity index (χ3v) is 4.00. The van der Waals surface area contributed by atoms with Crippen molar-refractivity contribution in [2.75, 3.05) is 26.2 Å². The summed E-state index contributed by atoms with van der Waals surface area (Å²) in [5.74, 6) is 0.668. The fourth-order valence-electron chi connectivity index (χ4n) is 2.95. The van der Waals surface area contributed by atoms with E-state index < -0.39 is 0 Å². The van der Waals surface area contributed by atoms with Crippen LogP contribution in [0.15, 0.2) is 24.3 Å². The highest BCUT2D eigenvalue weighted by Gasteiger charge is 2.18. The van der Waals surface area contributed by atoms with E-state index in [-0.39, 0.29) is 5.82 Å². The van der Waals surface area contributed by atoms with Crippen LogP contribution < -0.4 is 5.32 Å². The smallest absolute Gasteiger partial charge is 0.126 e. The lowest BCUT2D eigenvalue weighted by atomic mass is 10.0. The minimum atomic E-state index is -0.0824. The van der Waals surface area contributed by atoms with Gasteiger partial charge in [-0.3, -0.25) is 0 Å². The molecule has 3 heteroatoms. The molecule has 1 saturated heterocycles. The molecule has 0 radical (unpaired) electrons. The van der Waals surface area contributed by atoms with E-state index in [1.165, 1.54) is 32.5 Å². The number of piperidine rings is 1. The maximum absolute atomic E-state index is 13.5. The van der Waals surface area contributed by atoms with Crippen LogP contribution in [0, 0.1) is 11.7 Å². The Hall–Kier alpha value is -0.930. The summed E-state index contributed by atoms with van der Waals surface area (Å²) >= 11 is 0. The Morgan fingerprint density at radius 2 is 1.95 bits per heavy atom. The molecule has 0 bridgehead atoms. The Labute approximate surface area is 122 Å². The second-order valence-corrected chi connectivity index (χ2v) is 6.26. The first-order valence-electron chi connectivity index (χ1n) is 7.84. The molecule has 0 unspecified atom stereocenters. The van der Waals surface area contributed by atoms with Crippen LogP contribution in [0.5, 0.6) is 0 Å². The zero-order valence-electron chi connectivity index (χ0n) is 12.7. The van der Waals surface area contributed by atoms with Crippen LogP contribution in [0.3, 0.4) is 0 Å². The van der Waals surface area contributed by atoms with Gasteiger partial charge in [-0.05, 0) is 56.4 Å². The summed E-state index contributed by atoms with van der Waals surface area (Å²) in [6.45, 7) is 9.01. The van der Waals surface area contributed by atoms with Gasteiger partial charge in [0, 0.05) is 12.6 Å². The summed E-state index contributed by atoms with van der Waals surface area (Å²) in [7, 11) is 0. The molecule has 0 spiro atoms. The monoisotopic (exact) mass is 278 g/mol. The number of hydrogen-bond donors (Lipinski definition) is 1. The molecule has 2 rings (SSSR count). The number of hydrogen-bond acceptors (Lipinski definition) is 2. The minimum absolute atomic E-state index is 0.0824. The number of benzene rings is 1. The summed E-state index contributed by atoms with van der Waals surface area (Å²) in [5.41, 5.74) is 0.817. The van der Waals surface area contributed by atoms with E-state index in [0.29, 0.717) is 6.04 Å². The molecule has 0 aliphatic carbocycles. The van der Waals surface area contributed by atoms with Crippen molar-refractivity contribution in [3.05, 3.63) is 35.6 Å². The Morgan fingerprint density at radius 3 is 2.60 bits per heavy atom. The lowest BCUT2D eigenvalue weighted by Crippen LogP contribution is -2.44. The highest BCUT2D eigenvalue weighted by atomic mass is 19.1. The molecule has 1 aliphatic rings. The molecule has 1 fully saturated rings. The van der Waals surface area contributed by atoms with Crippen LogP contribution >= 0.6 is 0 Å². The third kappa shape index (κ3) is 4.88. The predicted octanol–water partition coefficient (Wildman–Crippen LogP) is 3.08. The van der Waals surface area contributed by atoms with E-state index in [9.17, 15) is 4.39 Å². The Bertz CT molecular complexity index is 398. The van der Waals surface area contributed by atoms with E-state index in [1.807, 2.05) is 12.1 Å². The van der Waals surface area contributed by atoms with Crippen LogP contribution in [0.25, 0.3) is 0 Å². The highest BCUT2D eigenvalue weighted by molar-refractivity contribution is 5.17. The zero-order chi connectivity index (χ0) is 14.4.